The predicted octanol–water partition coefficient (Wildman–Crippen LogP) is 4.02. The average molecular weight is 326 g/mol. The zero-order valence-corrected chi connectivity index (χ0v) is 16.3. The van der Waals surface area contributed by atoms with Crippen LogP contribution in [0.4, 0.5) is 4.79 Å². The van der Waals surface area contributed by atoms with Crippen LogP contribution in [0.3, 0.4) is 0 Å². The van der Waals surface area contributed by atoms with E-state index in [1.807, 2.05) is 20.8 Å². The van der Waals surface area contributed by atoms with Crippen LogP contribution in [0.15, 0.2) is 0 Å². The minimum absolute atomic E-state index is 0.00513. The summed E-state index contributed by atoms with van der Waals surface area (Å²) >= 11 is 0. The molecule has 22 heavy (non-hydrogen) atoms. The lowest BCUT2D eigenvalue weighted by Gasteiger charge is -2.38. The van der Waals surface area contributed by atoms with Gasteiger partial charge in [0.25, 0.3) is 0 Å². The van der Waals surface area contributed by atoms with E-state index in [1.54, 1.807) is 4.90 Å². The molecule has 1 heterocycles. The number of terminal acetylenes is 1. The molecule has 2 atom stereocenters. The van der Waals surface area contributed by atoms with Crippen molar-refractivity contribution >= 4 is 14.4 Å². The SMILES string of the molecule is C#CC1CC(O[Si](C)(C)C(C)(C)C)CN1C(=O)OC(C)(C)C. The highest BCUT2D eigenvalue weighted by Crippen LogP contribution is 2.39. The quantitative estimate of drug-likeness (QED) is 0.568. The molecule has 1 aliphatic heterocycles. The summed E-state index contributed by atoms with van der Waals surface area (Å²) in [6, 6.07) is -0.246. The maximum absolute atomic E-state index is 12.3. The monoisotopic (exact) mass is 325 g/mol. The normalized spacial score (nSPS) is 23.3. The van der Waals surface area contributed by atoms with E-state index >= 15 is 0 Å². The number of nitrogens with zero attached hydrogens (tertiary/aromatic N) is 1. The van der Waals surface area contributed by atoms with Gasteiger partial charge in [-0.15, -0.1) is 6.42 Å². The molecule has 0 saturated carbocycles. The highest BCUT2D eigenvalue weighted by Gasteiger charge is 2.44. The van der Waals surface area contributed by atoms with E-state index in [0.717, 1.165) is 0 Å². The summed E-state index contributed by atoms with van der Waals surface area (Å²) < 4.78 is 11.8. The van der Waals surface area contributed by atoms with E-state index < -0.39 is 13.9 Å². The van der Waals surface area contributed by atoms with Crippen LogP contribution in [0, 0.1) is 12.3 Å². The smallest absolute Gasteiger partial charge is 0.411 e. The summed E-state index contributed by atoms with van der Waals surface area (Å²) in [4.78, 5) is 13.9. The van der Waals surface area contributed by atoms with Gasteiger partial charge >= 0.3 is 6.09 Å². The molecule has 0 aromatic heterocycles. The summed E-state index contributed by atoms with van der Waals surface area (Å²) in [6.45, 7) is 17.1. The molecule has 0 aromatic rings. The fourth-order valence-electron chi connectivity index (χ4n) is 2.16. The van der Waals surface area contributed by atoms with Crippen LogP contribution in [-0.4, -0.2) is 43.6 Å². The number of amides is 1. The second-order valence-electron chi connectivity index (χ2n) is 8.55. The van der Waals surface area contributed by atoms with Crippen LogP contribution >= 0.6 is 0 Å². The highest BCUT2D eigenvalue weighted by atomic mass is 28.4. The van der Waals surface area contributed by atoms with Crippen LogP contribution < -0.4 is 0 Å². The number of ether oxygens (including phenoxy) is 1. The number of hydrogen-bond acceptors (Lipinski definition) is 3. The van der Waals surface area contributed by atoms with Gasteiger partial charge in [0.2, 0.25) is 0 Å². The van der Waals surface area contributed by atoms with Crippen molar-refractivity contribution in [3.05, 3.63) is 0 Å². The van der Waals surface area contributed by atoms with Gasteiger partial charge in [-0.1, -0.05) is 26.7 Å². The summed E-state index contributed by atoms with van der Waals surface area (Å²) in [5.41, 5.74) is -0.519. The molecule has 126 valence electrons. The van der Waals surface area contributed by atoms with E-state index in [4.69, 9.17) is 15.6 Å². The average Bonchev–Trinajstić information content (AvgIpc) is 2.67. The van der Waals surface area contributed by atoms with Gasteiger partial charge in [-0.3, -0.25) is 4.90 Å². The van der Waals surface area contributed by atoms with Crippen LogP contribution in [0.5, 0.6) is 0 Å². The minimum Gasteiger partial charge on any atom is -0.444 e. The van der Waals surface area contributed by atoms with E-state index in [1.165, 1.54) is 0 Å². The van der Waals surface area contributed by atoms with Crippen molar-refractivity contribution in [2.24, 2.45) is 0 Å². The highest BCUT2D eigenvalue weighted by molar-refractivity contribution is 6.74. The minimum atomic E-state index is -1.87. The van der Waals surface area contributed by atoms with Gasteiger partial charge in [0, 0.05) is 6.42 Å². The second kappa shape index (κ2) is 6.25. The van der Waals surface area contributed by atoms with Gasteiger partial charge in [-0.25, -0.2) is 4.79 Å². The largest absolute Gasteiger partial charge is 0.444 e. The molecule has 1 amide bonds. The molecule has 5 heteroatoms. The maximum Gasteiger partial charge on any atom is 0.411 e. The van der Waals surface area contributed by atoms with Crippen molar-refractivity contribution in [3.8, 4) is 12.3 Å². The zero-order chi connectivity index (χ0) is 17.3. The Bertz CT molecular complexity index is 454. The Morgan fingerprint density at radius 3 is 2.18 bits per heavy atom. The van der Waals surface area contributed by atoms with E-state index in [0.29, 0.717) is 13.0 Å². The molecule has 4 nitrogen and oxygen atoms in total. The van der Waals surface area contributed by atoms with Gasteiger partial charge in [-0.05, 0) is 38.9 Å². The number of likely N-dealkylation sites (tertiary alicyclic amines) is 1. The number of carbonyl (C=O) groups is 1. The Labute approximate surface area is 136 Å². The van der Waals surface area contributed by atoms with Gasteiger partial charge in [-0.2, -0.15) is 0 Å². The Kier molecular flexibility index (Phi) is 5.41. The van der Waals surface area contributed by atoms with Crippen molar-refractivity contribution < 1.29 is 14.0 Å². The molecular formula is C17H31NO3Si. The first kappa shape index (κ1) is 19.1. The third-order valence-electron chi connectivity index (χ3n) is 4.35. The molecular weight excluding hydrogens is 294 g/mol. The van der Waals surface area contributed by atoms with Crippen LogP contribution in [0.1, 0.15) is 48.0 Å². The molecule has 0 spiro atoms. The Hall–Kier alpha value is -0.993. The Morgan fingerprint density at radius 2 is 1.77 bits per heavy atom. The molecule has 0 N–H and O–H groups in total. The Balaban J connectivity index is 2.78. The fourth-order valence-corrected chi connectivity index (χ4v) is 3.51. The summed E-state index contributed by atoms with van der Waals surface area (Å²) in [7, 11) is -1.87. The zero-order valence-electron chi connectivity index (χ0n) is 15.3. The van der Waals surface area contributed by atoms with E-state index in [2.05, 4.69) is 39.8 Å². The molecule has 0 aromatic carbocycles. The van der Waals surface area contributed by atoms with Crippen molar-refractivity contribution in [1.82, 2.24) is 4.90 Å². The third-order valence-corrected chi connectivity index (χ3v) is 8.89. The molecule has 1 rings (SSSR count). The molecule has 1 saturated heterocycles. The van der Waals surface area contributed by atoms with Crippen LogP contribution in [0.2, 0.25) is 18.1 Å². The number of hydrogen-bond donors (Lipinski definition) is 0. The van der Waals surface area contributed by atoms with Gasteiger partial charge in [0.1, 0.15) is 5.60 Å². The van der Waals surface area contributed by atoms with E-state index in [-0.39, 0.29) is 23.3 Å². The topological polar surface area (TPSA) is 38.8 Å². The molecule has 0 bridgehead atoms. The Morgan fingerprint density at radius 1 is 1.23 bits per heavy atom. The molecule has 0 aliphatic carbocycles. The predicted molar refractivity (Wildman–Crippen MR) is 92.2 cm³/mol. The summed E-state index contributed by atoms with van der Waals surface area (Å²) in [6.07, 6.45) is 5.92. The lowest BCUT2D eigenvalue weighted by atomic mass is 10.2. The summed E-state index contributed by atoms with van der Waals surface area (Å²) in [5, 5.41) is 0.137. The third kappa shape index (κ3) is 4.75. The first-order valence-electron chi connectivity index (χ1n) is 7.90. The molecule has 1 aliphatic rings. The molecule has 2 unspecified atom stereocenters. The number of rotatable bonds is 2. The lowest BCUT2D eigenvalue weighted by Crippen LogP contribution is -2.45. The second-order valence-corrected chi connectivity index (χ2v) is 13.3. The van der Waals surface area contributed by atoms with Crippen molar-refractivity contribution in [1.29, 1.82) is 0 Å². The van der Waals surface area contributed by atoms with Crippen molar-refractivity contribution in [3.63, 3.8) is 0 Å². The van der Waals surface area contributed by atoms with Crippen molar-refractivity contribution in [2.45, 2.75) is 83.8 Å². The van der Waals surface area contributed by atoms with Crippen LogP contribution in [-0.2, 0) is 9.16 Å². The fraction of sp³-hybridized carbons (Fsp3) is 0.824. The standard InChI is InChI=1S/C17H31NO3Si/c1-10-13-11-14(21-22(8,9)17(5,6)7)12-18(13)15(19)20-16(2,3)4/h1,13-14H,11-12H2,2-9H3. The van der Waals surface area contributed by atoms with Gasteiger partial charge in [0.05, 0.1) is 18.7 Å². The first-order valence-corrected chi connectivity index (χ1v) is 10.8. The molecule has 0 radical (unpaired) electrons. The maximum atomic E-state index is 12.3. The summed E-state index contributed by atoms with van der Waals surface area (Å²) in [5.74, 6) is 2.70. The lowest BCUT2D eigenvalue weighted by molar-refractivity contribution is 0.0242. The molecule has 1 fully saturated rings. The van der Waals surface area contributed by atoms with Gasteiger partial charge in [0.15, 0.2) is 8.32 Å². The van der Waals surface area contributed by atoms with Crippen molar-refractivity contribution in [2.75, 3.05) is 6.54 Å². The van der Waals surface area contributed by atoms with Gasteiger partial charge < -0.3 is 9.16 Å². The van der Waals surface area contributed by atoms with E-state index in [9.17, 15) is 4.79 Å². The first-order chi connectivity index (χ1) is 9.77. The van der Waals surface area contributed by atoms with Crippen LogP contribution in [0.25, 0.3) is 0 Å². The number of carbonyl (C=O) groups excluding carboxylic acids is 1.